The number of ether oxygens (including phenoxy) is 2. The van der Waals surface area contributed by atoms with Crippen LogP contribution in [0.25, 0.3) is 0 Å². The molecule has 0 amide bonds. The van der Waals surface area contributed by atoms with E-state index >= 15 is 0 Å². The lowest BCUT2D eigenvalue weighted by Crippen LogP contribution is -2.18. The molecule has 0 saturated carbocycles. The number of benzene rings is 2. The highest BCUT2D eigenvalue weighted by atomic mass is 32.1. The van der Waals surface area contributed by atoms with Crippen molar-refractivity contribution < 1.29 is 9.47 Å². The minimum atomic E-state index is 0.147. The van der Waals surface area contributed by atoms with Gasteiger partial charge in [-0.2, -0.15) is 5.10 Å². The summed E-state index contributed by atoms with van der Waals surface area (Å²) in [6.07, 6.45) is 0.870. The van der Waals surface area contributed by atoms with Crippen LogP contribution in [0.5, 0.6) is 11.5 Å². The molecule has 0 fully saturated rings. The molecule has 0 bridgehead atoms. The van der Waals surface area contributed by atoms with Crippen LogP contribution >= 0.6 is 11.3 Å². The van der Waals surface area contributed by atoms with Crippen molar-refractivity contribution in [3.63, 3.8) is 0 Å². The predicted octanol–water partition coefficient (Wildman–Crippen LogP) is 4.83. The van der Waals surface area contributed by atoms with Gasteiger partial charge in [-0.15, -0.1) is 11.3 Å². The van der Waals surface area contributed by atoms with Gasteiger partial charge in [0.25, 0.3) is 0 Å². The Morgan fingerprint density at radius 1 is 0.960 bits per heavy atom. The first-order valence-corrected chi connectivity index (χ1v) is 9.12. The van der Waals surface area contributed by atoms with Gasteiger partial charge in [0.1, 0.15) is 0 Å². The number of para-hydroxylation sites is 1. The molecule has 0 radical (unpaired) electrons. The van der Waals surface area contributed by atoms with E-state index in [1.807, 2.05) is 24.3 Å². The number of rotatable bonds is 3. The van der Waals surface area contributed by atoms with Gasteiger partial charge in [0.2, 0.25) is 6.79 Å². The number of hydrazone groups is 1. The van der Waals surface area contributed by atoms with E-state index in [0.717, 1.165) is 29.3 Å². The van der Waals surface area contributed by atoms with Gasteiger partial charge in [-0.1, -0.05) is 30.3 Å². The first-order chi connectivity index (χ1) is 12.4. The van der Waals surface area contributed by atoms with Gasteiger partial charge in [-0.25, -0.2) is 0 Å². The third-order valence-corrected chi connectivity index (χ3v) is 5.44. The molecule has 0 N–H and O–H groups in total. The van der Waals surface area contributed by atoms with Crippen LogP contribution in [0.1, 0.15) is 22.9 Å². The molecule has 0 saturated heterocycles. The Kier molecular flexibility index (Phi) is 3.45. The summed E-state index contributed by atoms with van der Waals surface area (Å²) >= 11 is 1.73. The fourth-order valence-electron chi connectivity index (χ4n) is 3.30. The zero-order chi connectivity index (χ0) is 16.6. The maximum Gasteiger partial charge on any atom is 0.231 e. The van der Waals surface area contributed by atoms with Crippen LogP contribution in [0.2, 0.25) is 0 Å². The second-order valence-electron chi connectivity index (χ2n) is 6.04. The largest absolute Gasteiger partial charge is 0.454 e. The second kappa shape index (κ2) is 5.93. The molecule has 0 aliphatic carbocycles. The lowest BCUT2D eigenvalue weighted by atomic mass is 10.0. The van der Waals surface area contributed by atoms with Gasteiger partial charge < -0.3 is 9.47 Å². The van der Waals surface area contributed by atoms with Crippen molar-refractivity contribution in [3.05, 3.63) is 76.5 Å². The zero-order valence-corrected chi connectivity index (χ0v) is 14.3. The lowest BCUT2D eigenvalue weighted by molar-refractivity contribution is 0.174. The van der Waals surface area contributed by atoms with Crippen molar-refractivity contribution in [3.8, 4) is 11.5 Å². The Morgan fingerprint density at radius 2 is 1.84 bits per heavy atom. The number of fused-ring (bicyclic) bond motifs is 1. The molecule has 1 atom stereocenters. The molecule has 4 nitrogen and oxygen atoms in total. The highest BCUT2D eigenvalue weighted by Crippen LogP contribution is 2.41. The number of nitrogens with zero attached hydrogens (tertiary/aromatic N) is 2. The van der Waals surface area contributed by atoms with Crippen LogP contribution in [0.4, 0.5) is 5.69 Å². The molecule has 2 aromatic carbocycles. The third kappa shape index (κ3) is 2.57. The SMILES string of the molecule is c1ccc(N2N=C(c3cccs3)C[C@H]2c2ccc3c(c2)OCO3)cc1. The van der Waals surface area contributed by atoms with Gasteiger partial charge in [0, 0.05) is 6.42 Å². The minimum absolute atomic E-state index is 0.147. The standard InChI is InChI=1S/C20H16N2O2S/c1-2-5-15(6-3-1)22-17(12-16(21-22)20-7-4-10-25-20)14-8-9-18-19(11-14)24-13-23-18/h1-11,17H,12-13H2/t17-/m0/s1. The average molecular weight is 348 g/mol. The fraction of sp³-hybridized carbons (Fsp3) is 0.150. The lowest BCUT2D eigenvalue weighted by Gasteiger charge is -2.24. The minimum Gasteiger partial charge on any atom is -0.454 e. The Hall–Kier alpha value is -2.79. The summed E-state index contributed by atoms with van der Waals surface area (Å²) in [5.41, 5.74) is 3.40. The van der Waals surface area contributed by atoms with Gasteiger partial charge in [-0.3, -0.25) is 5.01 Å². The Morgan fingerprint density at radius 3 is 2.68 bits per heavy atom. The average Bonchev–Trinajstić information content (AvgIpc) is 3.40. The predicted molar refractivity (Wildman–Crippen MR) is 99.7 cm³/mol. The van der Waals surface area contributed by atoms with Crippen LogP contribution in [0.15, 0.2) is 71.1 Å². The maximum absolute atomic E-state index is 5.56. The van der Waals surface area contributed by atoms with Crippen LogP contribution in [-0.4, -0.2) is 12.5 Å². The van der Waals surface area contributed by atoms with E-state index in [-0.39, 0.29) is 6.04 Å². The molecule has 5 rings (SSSR count). The van der Waals surface area contributed by atoms with Crippen LogP contribution in [0, 0.1) is 0 Å². The first kappa shape index (κ1) is 14.5. The highest BCUT2D eigenvalue weighted by Gasteiger charge is 2.31. The van der Waals surface area contributed by atoms with Crippen LogP contribution in [0.3, 0.4) is 0 Å². The molecule has 2 aliphatic heterocycles. The molecular weight excluding hydrogens is 332 g/mol. The van der Waals surface area contributed by atoms with Gasteiger partial charge in [-0.05, 0) is 41.3 Å². The van der Waals surface area contributed by atoms with E-state index in [9.17, 15) is 0 Å². The smallest absolute Gasteiger partial charge is 0.231 e. The number of thiophene rings is 1. The Balaban J connectivity index is 1.56. The van der Waals surface area contributed by atoms with Gasteiger partial charge >= 0.3 is 0 Å². The summed E-state index contributed by atoms with van der Waals surface area (Å²) in [6, 6.07) is 20.9. The maximum atomic E-state index is 5.56. The van der Waals surface area contributed by atoms with E-state index in [0.29, 0.717) is 6.79 Å². The summed E-state index contributed by atoms with van der Waals surface area (Å²) in [4.78, 5) is 1.23. The number of hydrogen-bond donors (Lipinski definition) is 0. The topological polar surface area (TPSA) is 34.1 Å². The normalized spacial score (nSPS) is 18.5. The summed E-state index contributed by atoms with van der Waals surface area (Å²) < 4.78 is 11.0. The Labute approximate surface area is 149 Å². The summed E-state index contributed by atoms with van der Waals surface area (Å²) in [6.45, 7) is 0.294. The van der Waals surface area contributed by atoms with Crippen LogP contribution in [-0.2, 0) is 0 Å². The van der Waals surface area contributed by atoms with Crippen LogP contribution < -0.4 is 14.5 Å². The van der Waals surface area contributed by atoms with E-state index in [4.69, 9.17) is 14.6 Å². The molecular formula is C20H16N2O2S. The first-order valence-electron chi connectivity index (χ1n) is 8.24. The third-order valence-electron chi connectivity index (χ3n) is 4.52. The molecule has 5 heteroatoms. The fourth-order valence-corrected chi connectivity index (χ4v) is 4.02. The van der Waals surface area contributed by atoms with Gasteiger partial charge in [0.05, 0.1) is 22.3 Å². The quantitative estimate of drug-likeness (QED) is 0.680. The summed E-state index contributed by atoms with van der Waals surface area (Å²) in [7, 11) is 0. The van der Waals surface area contributed by atoms with E-state index < -0.39 is 0 Å². The van der Waals surface area contributed by atoms with Crippen molar-refractivity contribution >= 4 is 22.7 Å². The van der Waals surface area contributed by atoms with Crippen molar-refractivity contribution in [2.75, 3.05) is 11.8 Å². The molecule has 1 aromatic heterocycles. The van der Waals surface area contributed by atoms with E-state index in [2.05, 4.69) is 46.8 Å². The molecule has 0 unspecified atom stereocenters. The molecule has 0 spiro atoms. The highest BCUT2D eigenvalue weighted by molar-refractivity contribution is 7.12. The Bertz CT molecular complexity index is 922. The van der Waals surface area contributed by atoms with Crippen molar-refractivity contribution in [1.29, 1.82) is 0 Å². The number of anilines is 1. The monoisotopic (exact) mass is 348 g/mol. The molecule has 3 heterocycles. The van der Waals surface area contributed by atoms with Gasteiger partial charge in [0.15, 0.2) is 11.5 Å². The molecule has 25 heavy (non-hydrogen) atoms. The van der Waals surface area contributed by atoms with Crippen molar-refractivity contribution in [2.45, 2.75) is 12.5 Å². The van der Waals surface area contributed by atoms with Crippen molar-refractivity contribution in [1.82, 2.24) is 0 Å². The van der Waals surface area contributed by atoms with E-state index in [1.165, 1.54) is 10.4 Å². The van der Waals surface area contributed by atoms with E-state index in [1.54, 1.807) is 11.3 Å². The number of hydrogen-bond acceptors (Lipinski definition) is 5. The second-order valence-corrected chi connectivity index (χ2v) is 6.98. The summed E-state index contributed by atoms with van der Waals surface area (Å²) in [5.74, 6) is 1.63. The zero-order valence-electron chi connectivity index (χ0n) is 13.5. The molecule has 3 aromatic rings. The van der Waals surface area contributed by atoms with Crippen molar-refractivity contribution in [2.24, 2.45) is 5.10 Å². The molecule has 2 aliphatic rings. The molecule has 124 valence electrons. The summed E-state index contributed by atoms with van der Waals surface area (Å²) in [5, 5.41) is 9.15.